The van der Waals surface area contributed by atoms with Crippen molar-refractivity contribution < 1.29 is 13.9 Å². The van der Waals surface area contributed by atoms with Crippen LogP contribution in [0, 0.1) is 5.82 Å². The number of halogens is 1. The summed E-state index contributed by atoms with van der Waals surface area (Å²) in [7, 11) is 0. The predicted octanol–water partition coefficient (Wildman–Crippen LogP) is 2.40. The lowest BCUT2D eigenvalue weighted by Gasteiger charge is -2.16. The van der Waals surface area contributed by atoms with Gasteiger partial charge < -0.3 is 15.2 Å². The zero-order valence-electron chi connectivity index (χ0n) is 9.99. The van der Waals surface area contributed by atoms with Gasteiger partial charge in [0.25, 0.3) is 0 Å². The van der Waals surface area contributed by atoms with Gasteiger partial charge >= 0.3 is 0 Å². The molecule has 1 saturated heterocycles. The Morgan fingerprint density at radius 1 is 1.59 bits per heavy atom. The fraction of sp³-hybridized carbons (Fsp3) is 0.538. The van der Waals surface area contributed by atoms with Crippen molar-refractivity contribution in [2.45, 2.75) is 31.9 Å². The van der Waals surface area contributed by atoms with Crippen LogP contribution in [0.4, 0.5) is 4.39 Å². The Balaban J connectivity index is 2.04. The molecule has 1 aliphatic rings. The Labute approximate surface area is 101 Å². The lowest BCUT2D eigenvalue weighted by atomic mass is 10.1. The minimum atomic E-state index is -0.309. The van der Waals surface area contributed by atoms with E-state index in [0.29, 0.717) is 12.4 Å². The van der Waals surface area contributed by atoms with Gasteiger partial charge in [0.05, 0.1) is 6.10 Å². The third kappa shape index (κ3) is 3.17. The van der Waals surface area contributed by atoms with Crippen LogP contribution >= 0.6 is 0 Å². The average Bonchev–Trinajstić information content (AvgIpc) is 2.78. The molecular formula is C13H18FNO2. The van der Waals surface area contributed by atoms with Gasteiger partial charge in [0.2, 0.25) is 0 Å². The van der Waals surface area contributed by atoms with E-state index in [1.807, 2.05) is 6.92 Å². The molecule has 3 nitrogen and oxygen atoms in total. The summed E-state index contributed by atoms with van der Waals surface area (Å²) in [5.41, 5.74) is 6.64. The van der Waals surface area contributed by atoms with Crippen molar-refractivity contribution in [1.29, 1.82) is 0 Å². The number of rotatable bonds is 4. The van der Waals surface area contributed by atoms with E-state index in [1.54, 1.807) is 6.07 Å². The molecule has 1 aliphatic heterocycles. The van der Waals surface area contributed by atoms with Gasteiger partial charge in [-0.05, 0) is 25.8 Å². The summed E-state index contributed by atoms with van der Waals surface area (Å²) in [4.78, 5) is 0. The Morgan fingerprint density at radius 2 is 2.41 bits per heavy atom. The first-order valence-corrected chi connectivity index (χ1v) is 5.96. The lowest BCUT2D eigenvalue weighted by Crippen LogP contribution is -2.18. The van der Waals surface area contributed by atoms with E-state index < -0.39 is 0 Å². The summed E-state index contributed by atoms with van der Waals surface area (Å²) in [5.74, 6) is 0.215. The Hall–Kier alpha value is -1.13. The maximum atomic E-state index is 13.2. The molecule has 1 heterocycles. The van der Waals surface area contributed by atoms with Gasteiger partial charge in [-0.1, -0.05) is 6.07 Å². The van der Waals surface area contributed by atoms with Gasteiger partial charge in [-0.2, -0.15) is 0 Å². The Morgan fingerprint density at radius 3 is 3.06 bits per heavy atom. The minimum absolute atomic E-state index is 0.124. The first kappa shape index (κ1) is 12.3. The van der Waals surface area contributed by atoms with Crippen molar-refractivity contribution >= 4 is 0 Å². The molecule has 1 unspecified atom stereocenters. The highest BCUT2D eigenvalue weighted by atomic mass is 19.1. The van der Waals surface area contributed by atoms with Crippen LogP contribution in [0.2, 0.25) is 0 Å². The van der Waals surface area contributed by atoms with E-state index in [2.05, 4.69) is 0 Å². The number of hydrogen-bond donors (Lipinski definition) is 1. The van der Waals surface area contributed by atoms with Crippen molar-refractivity contribution in [3.63, 3.8) is 0 Å². The molecule has 0 bridgehead atoms. The van der Waals surface area contributed by atoms with E-state index >= 15 is 0 Å². The number of hydrogen-bond acceptors (Lipinski definition) is 3. The fourth-order valence-corrected chi connectivity index (χ4v) is 1.97. The molecule has 94 valence electrons. The third-order valence-electron chi connectivity index (χ3n) is 2.91. The number of ether oxygens (including phenoxy) is 2. The summed E-state index contributed by atoms with van der Waals surface area (Å²) in [5, 5.41) is 0. The van der Waals surface area contributed by atoms with Crippen molar-refractivity contribution in [1.82, 2.24) is 0 Å². The second-order valence-corrected chi connectivity index (χ2v) is 4.42. The Bertz CT molecular complexity index is 376. The highest BCUT2D eigenvalue weighted by molar-refractivity contribution is 5.36. The summed E-state index contributed by atoms with van der Waals surface area (Å²) < 4.78 is 24.2. The highest BCUT2D eigenvalue weighted by Crippen LogP contribution is 2.25. The third-order valence-corrected chi connectivity index (χ3v) is 2.91. The second-order valence-electron chi connectivity index (χ2n) is 4.42. The Kier molecular flexibility index (Phi) is 3.97. The molecule has 0 aromatic heterocycles. The van der Waals surface area contributed by atoms with Gasteiger partial charge in [-0.25, -0.2) is 4.39 Å². The van der Waals surface area contributed by atoms with Crippen molar-refractivity contribution in [3.8, 4) is 5.75 Å². The number of nitrogens with two attached hydrogens (primary N) is 1. The van der Waals surface area contributed by atoms with Crippen molar-refractivity contribution in [2.24, 2.45) is 5.73 Å². The summed E-state index contributed by atoms with van der Waals surface area (Å²) in [6, 6.07) is 4.28. The first-order chi connectivity index (χ1) is 8.16. The molecule has 2 N–H and O–H groups in total. The molecule has 2 rings (SSSR count). The maximum Gasteiger partial charge on any atom is 0.127 e. The zero-order chi connectivity index (χ0) is 12.3. The van der Waals surface area contributed by atoms with Crippen molar-refractivity contribution in [2.75, 3.05) is 13.2 Å². The van der Waals surface area contributed by atoms with E-state index in [-0.39, 0.29) is 18.0 Å². The fourth-order valence-electron chi connectivity index (χ4n) is 1.97. The number of benzene rings is 1. The smallest absolute Gasteiger partial charge is 0.127 e. The molecule has 0 saturated carbocycles. The summed E-state index contributed by atoms with van der Waals surface area (Å²) in [6.45, 7) is 3.10. The van der Waals surface area contributed by atoms with E-state index in [0.717, 1.165) is 25.0 Å². The van der Waals surface area contributed by atoms with Crippen LogP contribution < -0.4 is 10.5 Å². The summed E-state index contributed by atoms with van der Waals surface area (Å²) in [6.07, 6.45) is 2.19. The van der Waals surface area contributed by atoms with Crippen LogP contribution in [0.5, 0.6) is 5.75 Å². The normalized spacial score (nSPS) is 21.5. The minimum Gasteiger partial charge on any atom is -0.490 e. The average molecular weight is 239 g/mol. The largest absolute Gasteiger partial charge is 0.490 e. The molecule has 2 atom stereocenters. The molecule has 1 fully saturated rings. The standard InChI is InChI=1S/C13H18FNO2/c1-9(15)12-5-4-10(14)7-13(12)17-8-11-3-2-6-16-11/h4-5,7,9,11H,2-3,6,8,15H2,1H3/t9-,11?/m0/s1. The molecule has 1 aromatic rings. The van der Waals surface area contributed by atoms with Gasteiger partial charge in [0.15, 0.2) is 0 Å². The molecular weight excluding hydrogens is 221 g/mol. The molecule has 1 aromatic carbocycles. The van der Waals surface area contributed by atoms with E-state index in [1.165, 1.54) is 12.1 Å². The first-order valence-electron chi connectivity index (χ1n) is 5.96. The zero-order valence-corrected chi connectivity index (χ0v) is 9.99. The van der Waals surface area contributed by atoms with Gasteiger partial charge in [0, 0.05) is 24.3 Å². The van der Waals surface area contributed by atoms with Crippen LogP contribution in [0.1, 0.15) is 31.4 Å². The van der Waals surface area contributed by atoms with Crippen LogP contribution in [0.3, 0.4) is 0 Å². The topological polar surface area (TPSA) is 44.5 Å². The molecule has 4 heteroatoms. The SMILES string of the molecule is C[C@H](N)c1ccc(F)cc1OCC1CCCO1. The molecule has 17 heavy (non-hydrogen) atoms. The quantitative estimate of drug-likeness (QED) is 0.877. The monoisotopic (exact) mass is 239 g/mol. The molecule has 0 spiro atoms. The van der Waals surface area contributed by atoms with E-state index in [9.17, 15) is 4.39 Å². The van der Waals surface area contributed by atoms with Crippen molar-refractivity contribution in [3.05, 3.63) is 29.6 Å². The van der Waals surface area contributed by atoms with Gasteiger partial charge in [-0.15, -0.1) is 0 Å². The summed E-state index contributed by atoms with van der Waals surface area (Å²) >= 11 is 0. The lowest BCUT2D eigenvalue weighted by molar-refractivity contribution is 0.0674. The predicted molar refractivity (Wildman–Crippen MR) is 63.5 cm³/mol. The maximum absolute atomic E-state index is 13.2. The van der Waals surface area contributed by atoms with Crippen LogP contribution in [-0.4, -0.2) is 19.3 Å². The highest BCUT2D eigenvalue weighted by Gasteiger charge is 2.17. The second kappa shape index (κ2) is 5.47. The van der Waals surface area contributed by atoms with Crippen LogP contribution in [0.15, 0.2) is 18.2 Å². The van der Waals surface area contributed by atoms with Crippen LogP contribution in [0.25, 0.3) is 0 Å². The van der Waals surface area contributed by atoms with E-state index in [4.69, 9.17) is 15.2 Å². The molecule has 0 amide bonds. The van der Waals surface area contributed by atoms with Crippen LogP contribution in [-0.2, 0) is 4.74 Å². The van der Waals surface area contributed by atoms with Gasteiger partial charge in [0.1, 0.15) is 18.2 Å². The molecule has 0 radical (unpaired) electrons. The van der Waals surface area contributed by atoms with Gasteiger partial charge in [-0.3, -0.25) is 0 Å². The molecule has 0 aliphatic carbocycles.